The predicted octanol–water partition coefficient (Wildman–Crippen LogP) is 4.91. The molecule has 0 atom stereocenters. The molecule has 0 spiro atoms. The fraction of sp³-hybridized carbons (Fsp3) is 0.182. The molecule has 0 fully saturated rings. The Morgan fingerprint density at radius 1 is 1.08 bits per heavy atom. The third-order valence-electron chi connectivity index (χ3n) is 5.01. The Balaban J connectivity index is 1.80. The van der Waals surface area contributed by atoms with Gasteiger partial charge in [-0.05, 0) is 13.8 Å². The molecule has 4 nitrogen and oxygen atoms in total. The second-order valence-electron chi connectivity index (χ2n) is 7.44. The fourth-order valence-electron chi connectivity index (χ4n) is 3.83. The number of nitrogens with one attached hydrogen (secondary N) is 1. The summed E-state index contributed by atoms with van der Waals surface area (Å²) in [4.78, 5) is 19.3. The van der Waals surface area contributed by atoms with Gasteiger partial charge in [-0.3, -0.25) is 4.79 Å². The van der Waals surface area contributed by atoms with E-state index in [2.05, 4.69) is 31.0 Å². The second-order valence-corrected chi connectivity index (χ2v) is 7.44. The molecule has 128 valence electrons. The number of benzene rings is 3. The number of rotatable bonds is 2. The van der Waals surface area contributed by atoms with Gasteiger partial charge in [-0.1, -0.05) is 48.5 Å². The van der Waals surface area contributed by atoms with Crippen molar-refractivity contribution < 1.29 is 9.53 Å². The van der Waals surface area contributed by atoms with Crippen molar-refractivity contribution in [3.63, 3.8) is 0 Å². The highest BCUT2D eigenvalue weighted by Gasteiger charge is 2.34. The maximum absolute atomic E-state index is 10.9. The molecule has 4 heteroatoms. The van der Waals surface area contributed by atoms with Crippen molar-refractivity contribution in [1.29, 1.82) is 0 Å². The molecule has 2 heterocycles. The zero-order valence-electron chi connectivity index (χ0n) is 14.7. The first-order chi connectivity index (χ1) is 12.6. The Morgan fingerprint density at radius 3 is 2.54 bits per heavy atom. The molecule has 3 aromatic carbocycles. The van der Waals surface area contributed by atoms with E-state index in [0.29, 0.717) is 5.56 Å². The molecule has 1 aromatic heterocycles. The van der Waals surface area contributed by atoms with Gasteiger partial charge in [0.2, 0.25) is 0 Å². The molecule has 1 N–H and O–H groups in total. The minimum atomic E-state index is -0.232. The highest BCUT2D eigenvalue weighted by atomic mass is 16.5. The maximum Gasteiger partial charge on any atom is 0.150 e. The number of nitrogens with zero attached hydrogens (tertiary/aromatic N) is 1. The van der Waals surface area contributed by atoms with Crippen LogP contribution >= 0.6 is 0 Å². The Labute approximate surface area is 150 Å². The van der Waals surface area contributed by atoms with E-state index in [1.54, 1.807) is 0 Å². The Morgan fingerprint density at radius 2 is 1.81 bits per heavy atom. The second kappa shape index (κ2) is 5.18. The first-order valence-corrected chi connectivity index (χ1v) is 8.74. The summed E-state index contributed by atoms with van der Waals surface area (Å²) < 4.78 is 6.27. The van der Waals surface area contributed by atoms with Gasteiger partial charge in [0, 0.05) is 33.9 Å². The number of hydrogen-bond donors (Lipinski definition) is 1. The number of ether oxygens (including phenoxy) is 1. The first kappa shape index (κ1) is 15.1. The van der Waals surface area contributed by atoms with Gasteiger partial charge in [-0.25, -0.2) is 4.98 Å². The molecule has 0 aliphatic carbocycles. The van der Waals surface area contributed by atoms with Crippen LogP contribution in [0.25, 0.3) is 33.2 Å². The highest BCUT2D eigenvalue weighted by Crippen LogP contribution is 2.45. The van der Waals surface area contributed by atoms with E-state index in [1.165, 1.54) is 0 Å². The van der Waals surface area contributed by atoms with Gasteiger partial charge >= 0.3 is 0 Å². The lowest BCUT2D eigenvalue weighted by atomic mass is 9.97. The van der Waals surface area contributed by atoms with Crippen molar-refractivity contribution in [3.05, 3.63) is 59.7 Å². The van der Waals surface area contributed by atoms with Gasteiger partial charge in [0.1, 0.15) is 23.5 Å². The standard InChI is InChI=1S/C22H18N2O2/c1-22(2)11-17-19-18(15-5-3-4-6-16(15)20(17)26-22)23-21(24-19)14-9-7-13(12-25)8-10-14/h3-10,12H,11H2,1-2H3,(H,23,24). The van der Waals surface area contributed by atoms with Crippen molar-refractivity contribution >= 4 is 28.1 Å². The summed E-state index contributed by atoms with van der Waals surface area (Å²) in [6.45, 7) is 4.22. The summed E-state index contributed by atoms with van der Waals surface area (Å²) in [5.74, 6) is 1.76. The molecular weight excluding hydrogens is 324 g/mol. The van der Waals surface area contributed by atoms with Crippen LogP contribution in [0.15, 0.2) is 48.5 Å². The van der Waals surface area contributed by atoms with Gasteiger partial charge in [0.25, 0.3) is 0 Å². The van der Waals surface area contributed by atoms with Gasteiger partial charge in [-0.15, -0.1) is 0 Å². The van der Waals surface area contributed by atoms with E-state index in [9.17, 15) is 4.79 Å². The summed E-state index contributed by atoms with van der Waals surface area (Å²) >= 11 is 0. The monoisotopic (exact) mass is 342 g/mol. The normalized spacial score (nSPS) is 15.2. The lowest BCUT2D eigenvalue weighted by Gasteiger charge is -2.17. The van der Waals surface area contributed by atoms with Gasteiger partial charge in [-0.2, -0.15) is 0 Å². The lowest BCUT2D eigenvalue weighted by molar-refractivity contribution is 0.112. The molecule has 0 saturated heterocycles. The summed E-state index contributed by atoms with van der Waals surface area (Å²) in [6.07, 6.45) is 1.68. The molecule has 4 aromatic rings. The van der Waals surface area contributed by atoms with E-state index in [4.69, 9.17) is 9.72 Å². The maximum atomic E-state index is 10.9. The highest BCUT2D eigenvalue weighted by molar-refractivity contribution is 6.10. The average Bonchev–Trinajstić information content (AvgIpc) is 3.23. The van der Waals surface area contributed by atoms with Crippen molar-refractivity contribution in [2.45, 2.75) is 25.9 Å². The molecule has 5 rings (SSSR count). The number of hydrogen-bond acceptors (Lipinski definition) is 3. The molecule has 1 aliphatic heterocycles. The number of carbonyl (C=O) groups is 1. The predicted molar refractivity (Wildman–Crippen MR) is 103 cm³/mol. The molecule has 0 radical (unpaired) electrons. The third-order valence-corrected chi connectivity index (χ3v) is 5.01. The van der Waals surface area contributed by atoms with Crippen molar-refractivity contribution in [3.8, 4) is 17.1 Å². The summed E-state index contributed by atoms with van der Waals surface area (Å²) in [7, 11) is 0. The van der Waals surface area contributed by atoms with Crippen molar-refractivity contribution in [2.24, 2.45) is 0 Å². The molecule has 0 unspecified atom stereocenters. The molecule has 0 saturated carbocycles. The number of aromatic nitrogens is 2. The van der Waals surface area contributed by atoms with Crippen LogP contribution in [0.4, 0.5) is 0 Å². The smallest absolute Gasteiger partial charge is 0.150 e. The molecule has 0 amide bonds. The number of carbonyl (C=O) groups excluding carboxylic acids is 1. The molecule has 0 bridgehead atoms. The lowest BCUT2D eigenvalue weighted by Crippen LogP contribution is -2.24. The summed E-state index contributed by atoms with van der Waals surface area (Å²) in [5.41, 5.74) is 4.56. The van der Waals surface area contributed by atoms with Gasteiger partial charge in [0.05, 0.1) is 11.0 Å². The summed E-state index contributed by atoms with van der Waals surface area (Å²) in [6, 6.07) is 15.7. The number of H-pyrrole nitrogens is 1. The van der Waals surface area contributed by atoms with Crippen LogP contribution in [0.5, 0.6) is 5.75 Å². The van der Waals surface area contributed by atoms with E-state index in [-0.39, 0.29) is 5.60 Å². The van der Waals surface area contributed by atoms with Crippen LogP contribution in [0, 0.1) is 0 Å². The fourth-order valence-corrected chi connectivity index (χ4v) is 3.83. The van der Waals surface area contributed by atoms with Gasteiger partial charge in [0.15, 0.2) is 0 Å². The number of aromatic amines is 1. The minimum absolute atomic E-state index is 0.232. The van der Waals surface area contributed by atoms with Crippen LogP contribution in [-0.4, -0.2) is 21.9 Å². The topological polar surface area (TPSA) is 55.0 Å². The SMILES string of the molecule is CC1(C)Cc2c(c3ccccc3c3[nH]c(-c4ccc(C=O)cc4)nc23)O1. The zero-order chi connectivity index (χ0) is 17.9. The number of fused-ring (bicyclic) bond motifs is 6. The van der Waals surface area contributed by atoms with Crippen LogP contribution in [0.1, 0.15) is 29.8 Å². The summed E-state index contributed by atoms with van der Waals surface area (Å²) in [5, 5.41) is 2.23. The van der Waals surface area contributed by atoms with Crippen LogP contribution < -0.4 is 4.74 Å². The zero-order valence-corrected chi connectivity index (χ0v) is 14.7. The van der Waals surface area contributed by atoms with E-state index >= 15 is 0 Å². The number of aldehydes is 1. The van der Waals surface area contributed by atoms with E-state index in [0.717, 1.165) is 57.2 Å². The first-order valence-electron chi connectivity index (χ1n) is 8.74. The van der Waals surface area contributed by atoms with Crippen LogP contribution in [-0.2, 0) is 6.42 Å². The van der Waals surface area contributed by atoms with Crippen molar-refractivity contribution in [2.75, 3.05) is 0 Å². The molecule has 26 heavy (non-hydrogen) atoms. The van der Waals surface area contributed by atoms with Gasteiger partial charge < -0.3 is 9.72 Å². The average molecular weight is 342 g/mol. The minimum Gasteiger partial charge on any atom is -0.486 e. The Hall–Kier alpha value is -3.14. The molecule has 1 aliphatic rings. The largest absolute Gasteiger partial charge is 0.486 e. The quantitative estimate of drug-likeness (QED) is 0.527. The van der Waals surface area contributed by atoms with Crippen LogP contribution in [0.3, 0.4) is 0 Å². The van der Waals surface area contributed by atoms with Crippen molar-refractivity contribution in [1.82, 2.24) is 9.97 Å². The Bertz CT molecular complexity index is 1170. The van der Waals surface area contributed by atoms with E-state index < -0.39 is 0 Å². The van der Waals surface area contributed by atoms with E-state index in [1.807, 2.05) is 36.4 Å². The van der Waals surface area contributed by atoms with Crippen LogP contribution in [0.2, 0.25) is 0 Å². The molecular formula is C22H18N2O2. The third kappa shape index (κ3) is 2.15. The number of imidazole rings is 1. The Kier molecular flexibility index (Phi) is 3.02.